The quantitative estimate of drug-likeness (QED) is 0.798. The molecule has 0 aliphatic carbocycles. The van der Waals surface area contributed by atoms with Crippen LogP contribution >= 0.6 is 0 Å². The third kappa shape index (κ3) is 2.84. The van der Waals surface area contributed by atoms with Gasteiger partial charge in [0, 0.05) is 24.3 Å². The van der Waals surface area contributed by atoms with Crippen molar-refractivity contribution in [1.29, 1.82) is 5.26 Å². The molecule has 0 bridgehead atoms. The Morgan fingerprint density at radius 2 is 2.00 bits per heavy atom. The maximum absolute atomic E-state index is 9.24. The Morgan fingerprint density at radius 3 is 2.77 bits per heavy atom. The molecule has 1 aliphatic heterocycles. The molecule has 0 N–H and O–H groups in total. The number of ether oxygens (including phenoxy) is 1. The van der Waals surface area contributed by atoms with Crippen LogP contribution in [0.15, 0.2) is 42.5 Å². The average Bonchev–Trinajstić information content (AvgIpc) is 2.51. The number of hydrogen-bond donors (Lipinski definition) is 0. The highest BCUT2D eigenvalue weighted by atomic mass is 16.5. The molecule has 0 aromatic heterocycles. The van der Waals surface area contributed by atoms with Crippen LogP contribution < -0.4 is 4.90 Å². The van der Waals surface area contributed by atoms with Crippen LogP contribution in [0, 0.1) is 18.3 Å². The fourth-order valence-corrected chi connectivity index (χ4v) is 3.01. The number of rotatable bonds is 1. The lowest BCUT2D eigenvalue weighted by Crippen LogP contribution is -2.29. The van der Waals surface area contributed by atoms with Crippen LogP contribution in [0.5, 0.6) is 0 Å². The summed E-state index contributed by atoms with van der Waals surface area (Å²) in [6.07, 6.45) is 1.06. The molecule has 0 spiro atoms. The number of aryl methyl sites for hydroxylation is 1. The highest BCUT2D eigenvalue weighted by molar-refractivity contribution is 5.70. The molecule has 1 atom stereocenters. The summed E-state index contributed by atoms with van der Waals surface area (Å²) >= 11 is 0. The summed E-state index contributed by atoms with van der Waals surface area (Å²) in [6.45, 7) is 5.69. The van der Waals surface area contributed by atoms with Gasteiger partial charge >= 0.3 is 0 Å². The van der Waals surface area contributed by atoms with Gasteiger partial charge in [-0.1, -0.05) is 24.3 Å². The second-order valence-corrected chi connectivity index (χ2v) is 5.78. The van der Waals surface area contributed by atoms with E-state index < -0.39 is 0 Å². The molecule has 0 saturated heterocycles. The van der Waals surface area contributed by atoms with Crippen molar-refractivity contribution >= 4 is 11.4 Å². The van der Waals surface area contributed by atoms with Crippen molar-refractivity contribution in [3.8, 4) is 6.07 Å². The van der Waals surface area contributed by atoms with Gasteiger partial charge in [-0.05, 0) is 43.2 Å². The zero-order valence-corrected chi connectivity index (χ0v) is 13.0. The van der Waals surface area contributed by atoms with Crippen LogP contribution in [0.25, 0.3) is 0 Å². The van der Waals surface area contributed by atoms with Crippen LogP contribution in [-0.4, -0.2) is 19.3 Å². The molecule has 2 aromatic rings. The molecule has 0 radical (unpaired) electrons. The van der Waals surface area contributed by atoms with Gasteiger partial charge in [0.2, 0.25) is 0 Å². The SMILES string of the molecule is Cc1ccccc1N1CCOC(C)Cc2ccc(C#N)cc21. The normalized spacial score (nSPS) is 18.0. The minimum Gasteiger partial charge on any atom is -0.376 e. The second-order valence-electron chi connectivity index (χ2n) is 5.78. The molecule has 1 unspecified atom stereocenters. The molecule has 0 amide bonds. The Kier molecular flexibility index (Phi) is 4.13. The van der Waals surface area contributed by atoms with Crippen molar-refractivity contribution in [2.75, 3.05) is 18.1 Å². The minimum atomic E-state index is 0.200. The lowest BCUT2D eigenvalue weighted by atomic mass is 10.0. The Hall–Kier alpha value is -2.31. The predicted octanol–water partition coefficient (Wildman–Crippen LogP) is 3.97. The van der Waals surface area contributed by atoms with Gasteiger partial charge in [0.1, 0.15) is 0 Å². The Labute approximate surface area is 131 Å². The van der Waals surface area contributed by atoms with Crippen molar-refractivity contribution in [2.24, 2.45) is 0 Å². The smallest absolute Gasteiger partial charge is 0.0992 e. The predicted molar refractivity (Wildman–Crippen MR) is 88.5 cm³/mol. The fraction of sp³-hybridized carbons (Fsp3) is 0.316. The summed E-state index contributed by atoms with van der Waals surface area (Å²) in [5, 5.41) is 9.24. The Bertz CT molecular complexity index is 718. The first kappa shape index (κ1) is 14.6. The van der Waals surface area contributed by atoms with Crippen molar-refractivity contribution in [2.45, 2.75) is 26.4 Å². The van der Waals surface area contributed by atoms with Crippen molar-refractivity contribution in [1.82, 2.24) is 0 Å². The van der Waals surface area contributed by atoms with Crippen LogP contribution in [0.1, 0.15) is 23.6 Å². The molecule has 0 saturated carbocycles. The van der Waals surface area contributed by atoms with Gasteiger partial charge in [-0.3, -0.25) is 0 Å². The van der Waals surface area contributed by atoms with Crippen LogP contribution in [-0.2, 0) is 11.2 Å². The maximum Gasteiger partial charge on any atom is 0.0992 e. The number of hydrogen-bond acceptors (Lipinski definition) is 3. The fourth-order valence-electron chi connectivity index (χ4n) is 3.01. The monoisotopic (exact) mass is 292 g/mol. The molecule has 22 heavy (non-hydrogen) atoms. The van der Waals surface area contributed by atoms with Gasteiger partial charge in [-0.15, -0.1) is 0 Å². The van der Waals surface area contributed by atoms with Crippen molar-refractivity contribution in [3.05, 3.63) is 59.2 Å². The number of anilines is 2. The van der Waals surface area contributed by atoms with E-state index in [9.17, 15) is 5.26 Å². The molecule has 0 fully saturated rings. The molecular formula is C19H20N2O. The standard InChI is InChI=1S/C19H20N2O/c1-14-5-3-4-6-18(14)21-9-10-22-15(2)11-17-8-7-16(13-20)12-19(17)21/h3-8,12,15H,9-11H2,1-2H3. The molecule has 3 rings (SSSR count). The molecule has 1 heterocycles. The van der Waals surface area contributed by atoms with E-state index in [1.165, 1.54) is 16.8 Å². The number of nitrogens with zero attached hydrogens (tertiary/aromatic N) is 2. The molecule has 112 valence electrons. The van der Waals surface area contributed by atoms with Crippen LogP contribution in [0.2, 0.25) is 0 Å². The van der Waals surface area contributed by atoms with Gasteiger partial charge in [-0.25, -0.2) is 0 Å². The third-order valence-corrected chi connectivity index (χ3v) is 4.14. The van der Waals surface area contributed by atoms with Crippen molar-refractivity contribution < 1.29 is 4.74 Å². The minimum absolute atomic E-state index is 0.200. The first-order chi connectivity index (χ1) is 10.7. The van der Waals surface area contributed by atoms with Crippen LogP contribution in [0.3, 0.4) is 0 Å². The highest BCUT2D eigenvalue weighted by Gasteiger charge is 2.20. The molecule has 3 heteroatoms. The first-order valence-corrected chi connectivity index (χ1v) is 7.67. The summed E-state index contributed by atoms with van der Waals surface area (Å²) in [5.41, 5.74) is 5.46. The molecule has 2 aromatic carbocycles. The van der Waals surface area contributed by atoms with E-state index in [2.05, 4.69) is 49.1 Å². The van der Waals surface area contributed by atoms with E-state index >= 15 is 0 Å². The zero-order chi connectivity index (χ0) is 15.5. The number of para-hydroxylation sites is 1. The summed E-state index contributed by atoms with van der Waals surface area (Å²) in [6, 6.07) is 16.6. The average molecular weight is 292 g/mol. The van der Waals surface area contributed by atoms with E-state index in [1.54, 1.807) is 0 Å². The topological polar surface area (TPSA) is 36.3 Å². The maximum atomic E-state index is 9.24. The Morgan fingerprint density at radius 1 is 1.18 bits per heavy atom. The number of fused-ring (bicyclic) bond motifs is 1. The van der Waals surface area contributed by atoms with Crippen molar-refractivity contribution in [3.63, 3.8) is 0 Å². The van der Waals surface area contributed by atoms with Gasteiger partial charge < -0.3 is 9.64 Å². The third-order valence-electron chi connectivity index (χ3n) is 4.14. The van der Waals surface area contributed by atoms with E-state index in [0.717, 1.165) is 18.7 Å². The van der Waals surface area contributed by atoms with Crippen LogP contribution in [0.4, 0.5) is 11.4 Å². The number of nitriles is 1. The lowest BCUT2D eigenvalue weighted by molar-refractivity contribution is 0.0703. The van der Waals surface area contributed by atoms with Gasteiger partial charge in [0.25, 0.3) is 0 Å². The van der Waals surface area contributed by atoms with Gasteiger partial charge in [-0.2, -0.15) is 5.26 Å². The lowest BCUT2D eigenvalue weighted by Gasteiger charge is -2.32. The molecular weight excluding hydrogens is 272 g/mol. The number of benzene rings is 2. The zero-order valence-electron chi connectivity index (χ0n) is 13.0. The summed E-state index contributed by atoms with van der Waals surface area (Å²) in [7, 11) is 0. The first-order valence-electron chi connectivity index (χ1n) is 7.67. The van der Waals surface area contributed by atoms with E-state index in [1.807, 2.05) is 18.2 Å². The summed E-state index contributed by atoms with van der Waals surface area (Å²) < 4.78 is 5.88. The molecule has 1 aliphatic rings. The van der Waals surface area contributed by atoms with E-state index in [-0.39, 0.29) is 6.10 Å². The second kappa shape index (κ2) is 6.21. The Balaban J connectivity index is 2.13. The highest BCUT2D eigenvalue weighted by Crippen LogP contribution is 2.33. The van der Waals surface area contributed by atoms with E-state index in [0.29, 0.717) is 12.2 Å². The van der Waals surface area contributed by atoms with Gasteiger partial charge in [0.05, 0.1) is 24.3 Å². The summed E-state index contributed by atoms with van der Waals surface area (Å²) in [4.78, 5) is 2.28. The van der Waals surface area contributed by atoms with Gasteiger partial charge in [0.15, 0.2) is 0 Å². The molecule has 3 nitrogen and oxygen atoms in total. The largest absolute Gasteiger partial charge is 0.376 e. The summed E-state index contributed by atoms with van der Waals surface area (Å²) in [5.74, 6) is 0. The van der Waals surface area contributed by atoms with E-state index in [4.69, 9.17) is 4.74 Å².